The Morgan fingerprint density at radius 2 is 1.40 bits per heavy atom. The third-order valence-corrected chi connectivity index (χ3v) is 4.28. The van der Waals surface area contributed by atoms with E-state index in [2.05, 4.69) is 19.9 Å². The normalized spacial score (nSPS) is 25.6. The summed E-state index contributed by atoms with van der Waals surface area (Å²) in [5.41, 5.74) is -0.404. The van der Waals surface area contributed by atoms with Crippen molar-refractivity contribution in [1.29, 1.82) is 5.26 Å². The van der Waals surface area contributed by atoms with Gasteiger partial charge in [-0.2, -0.15) is 5.26 Å². The van der Waals surface area contributed by atoms with Crippen LogP contribution in [0.1, 0.15) is 53.9 Å². The molecule has 1 rings (SSSR count). The maximum atomic E-state index is 9.70. The van der Waals surface area contributed by atoms with Crippen molar-refractivity contribution in [2.24, 2.45) is 17.3 Å². The third kappa shape index (κ3) is 3.94. The highest BCUT2D eigenvalue weighted by molar-refractivity contribution is 5.06. The summed E-state index contributed by atoms with van der Waals surface area (Å²) in [5.74, 6) is 0.0343. The van der Waals surface area contributed by atoms with Gasteiger partial charge in [-0.25, -0.2) is 0 Å². The van der Waals surface area contributed by atoms with Gasteiger partial charge in [0.1, 0.15) is 0 Å². The standard InChI is InChI=1S/C16H29NO3/c1-6-18-16(19-7-2,20-8-3)11-15(12-17)9-13(4)14(5)10-15/h13-14H,6-11H2,1-5H3/t13-,14-/m0/s1. The minimum absolute atomic E-state index is 0.404. The maximum Gasteiger partial charge on any atom is 0.284 e. The molecule has 0 spiro atoms. The van der Waals surface area contributed by atoms with Crippen LogP contribution in [0.25, 0.3) is 0 Å². The molecule has 20 heavy (non-hydrogen) atoms. The number of ether oxygens (including phenoxy) is 3. The summed E-state index contributed by atoms with van der Waals surface area (Å²) in [4.78, 5) is 0. The van der Waals surface area contributed by atoms with Crippen molar-refractivity contribution < 1.29 is 14.2 Å². The lowest BCUT2D eigenvalue weighted by molar-refractivity contribution is -0.386. The highest BCUT2D eigenvalue weighted by atomic mass is 16.9. The molecule has 116 valence electrons. The summed E-state index contributed by atoms with van der Waals surface area (Å²) in [6, 6.07) is 2.53. The van der Waals surface area contributed by atoms with Crippen LogP contribution in [0.2, 0.25) is 0 Å². The molecule has 0 saturated heterocycles. The van der Waals surface area contributed by atoms with Gasteiger partial charge in [0.25, 0.3) is 5.97 Å². The Bertz CT molecular complexity index is 310. The van der Waals surface area contributed by atoms with E-state index in [4.69, 9.17) is 14.2 Å². The molecule has 4 heteroatoms. The lowest BCUT2D eigenvalue weighted by atomic mass is 9.82. The van der Waals surface area contributed by atoms with Crippen LogP contribution in [-0.4, -0.2) is 25.8 Å². The molecule has 1 saturated carbocycles. The summed E-state index contributed by atoms with van der Waals surface area (Å²) in [7, 11) is 0. The second-order valence-corrected chi connectivity index (χ2v) is 5.91. The SMILES string of the molecule is CCOC(CC1(C#N)C[C@H](C)[C@@H](C)C1)(OCC)OCC. The zero-order chi connectivity index (χ0) is 15.2. The average Bonchev–Trinajstić information content (AvgIpc) is 2.66. The molecule has 1 aliphatic rings. The van der Waals surface area contributed by atoms with Crippen LogP contribution >= 0.6 is 0 Å². The Labute approximate surface area is 123 Å². The summed E-state index contributed by atoms with van der Waals surface area (Å²) < 4.78 is 17.3. The first-order valence-electron chi connectivity index (χ1n) is 7.79. The number of hydrogen-bond donors (Lipinski definition) is 0. The lowest BCUT2D eigenvalue weighted by Gasteiger charge is -2.37. The van der Waals surface area contributed by atoms with Crippen molar-refractivity contribution in [1.82, 2.24) is 0 Å². The van der Waals surface area contributed by atoms with Gasteiger partial charge in [-0.05, 0) is 45.4 Å². The molecular formula is C16H29NO3. The summed E-state index contributed by atoms with van der Waals surface area (Å²) in [6.07, 6.45) is 2.26. The van der Waals surface area contributed by atoms with Gasteiger partial charge in [0.15, 0.2) is 0 Å². The molecule has 1 aliphatic carbocycles. The van der Waals surface area contributed by atoms with E-state index in [0.717, 1.165) is 12.8 Å². The Kier molecular flexibility index (Phi) is 6.44. The topological polar surface area (TPSA) is 51.5 Å². The summed E-state index contributed by atoms with van der Waals surface area (Å²) in [5, 5.41) is 9.70. The van der Waals surface area contributed by atoms with Crippen LogP contribution < -0.4 is 0 Å². The number of nitriles is 1. The predicted molar refractivity (Wildman–Crippen MR) is 77.8 cm³/mol. The van der Waals surface area contributed by atoms with Gasteiger partial charge >= 0.3 is 0 Å². The molecule has 1 fully saturated rings. The van der Waals surface area contributed by atoms with Crippen LogP contribution in [0.5, 0.6) is 0 Å². The molecule has 0 aromatic heterocycles. The highest BCUT2D eigenvalue weighted by Crippen LogP contribution is 2.50. The van der Waals surface area contributed by atoms with E-state index in [0.29, 0.717) is 38.1 Å². The van der Waals surface area contributed by atoms with Crippen molar-refractivity contribution in [3.63, 3.8) is 0 Å². The lowest BCUT2D eigenvalue weighted by Crippen LogP contribution is -2.44. The smallest absolute Gasteiger partial charge is 0.284 e. The molecule has 0 heterocycles. The average molecular weight is 283 g/mol. The minimum Gasteiger partial charge on any atom is -0.328 e. The molecular weight excluding hydrogens is 254 g/mol. The summed E-state index contributed by atoms with van der Waals surface area (Å²) in [6.45, 7) is 11.7. The van der Waals surface area contributed by atoms with Gasteiger partial charge < -0.3 is 14.2 Å². The first kappa shape index (κ1) is 17.4. The predicted octanol–water partition coefficient (Wildman–Crippen LogP) is 3.72. The summed E-state index contributed by atoms with van der Waals surface area (Å²) >= 11 is 0. The molecule has 0 bridgehead atoms. The van der Waals surface area contributed by atoms with Crippen LogP contribution in [0, 0.1) is 28.6 Å². The van der Waals surface area contributed by atoms with Crippen LogP contribution in [0.15, 0.2) is 0 Å². The fourth-order valence-electron chi connectivity index (χ4n) is 3.35. The van der Waals surface area contributed by atoms with Crippen LogP contribution in [-0.2, 0) is 14.2 Å². The van der Waals surface area contributed by atoms with E-state index in [1.165, 1.54) is 0 Å². The molecule has 2 atom stereocenters. The Morgan fingerprint density at radius 3 is 1.70 bits per heavy atom. The third-order valence-electron chi connectivity index (χ3n) is 4.28. The van der Waals surface area contributed by atoms with Gasteiger partial charge in [-0.1, -0.05) is 13.8 Å². The maximum absolute atomic E-state index is 9.70. The van der Waals surface area contributed by atoms with Crippen molar-refractivity contribution in [3.8, 4) is 6.07 Å². The van der Waals surface area contributed by atoms with E-state index < -0.39 is 11.4 Å². The number of rotatable bonds is 8. The first-order chi connectivity index (χ1) is 9.46. The van der Waals surface area contributed by atoms with Gasteiger partial charge in [-0.15, -0.1) is 0 Å². The second-order valence-electron chi connectivity index (χ2n) is 5.91. The highest BCUT2D eigenvalue weighted by Gasteiger charge is 2.49. The van der Waals surface area contributed by atoms with E-state index in [1.807, 2.05) is 20.8 Å². The van der Waals surface area contributed by atoms with Crippen molar-refractivity contribution >= 4 is 0 Å². The molecule has 0 aromatic rings. The van der Waals surface area contributed by atoms with Gasteiger partial charge in [0, 0.05) is 26.2 Å². The quantitative estimate of drug-likeness (QED) is 0.637. The Balaban J connectivity index is 2.94. The molecule has 0 aromatic carbocycles. The fourth-order valence-corrected chi connectivity index (χ4v) is 3.35. The van der Waals surface area contributed by atoms with Gasteiger partial charge in [-0.3, -0.25) is 0 Å². The van der Waals surface area contributed by atoms with Crippen molar-refractivity contribution in [2.45, 2.75) is 59.9 Å². The zero-order valence-electron chi connectivity index (χ0n) is 13.6. The Morgan fingerprint density at radius 1 is 1.00 bits per heavy atom. The first-order valence-corrected chi connectivity index (χ1v) is 7.79. The van der Waals surface area contributed by atoms with Crippen molar-refractivity contribution in [3.05, 3.63) is 0 Å². The van der Waals surface area contributed by atoms with E-state index >= 15 is 0 Å². The zero-order valence-corrected chi connectivity index (χ0v) is 13.6. The Hall–Kier alpha value is -0.630. The van der Waals surface area contributed by atoms with Gasteiger partial charge in [0.2, 0.25) is 0 Å². The fraction of sp³-hybridized carbons (Fsp3) is 0.938. The molecule has 0 radical (unpaired) electrons. The number of nitrogens with zero attached hydrogens (tertiary/aromatic N) is 1. The monoisotopic (exact) mass is 283 g/mol. The second kappa shape index (κ2) is 7.40. The molecule has 0 unspecified atom stereocenters. The van der Waals surface area contributed by atoms with Gasteiger partial charge in [0.05, 0.1) is 11.5 Å². The van der Waals surface area contributed by atoms with E-state index in [-0.39, 0.29) is 0 Å². The van der Waals surface area contributed by atoms with Crippen molar-refractivity contribution in [2.75, 3.05) is 19.8 Å². The van der Waals surface area contributed by atoms with E-state index in [1.54, 1.807) is 0 Å². The minimum atomic E-state index is -1.07. The molecule has 0 aliphatic heterocycles. The molecule has 0 amide bonds. The number of hydrogen-bond acceptors (Lipinski definition) is 4. The van der Waals surface area contributed by atoms with Crippen LogP contribution in [0.3, 0.4) is 0 Å². The van der Waals surface area contributed by atoms with E-state index in [9.17, 15) is 5.26 Å². The molecule has 4 nitrogen and oxygen atoms in total. The largest absolute Gasteiger partial charge is 0.328 e. The van der Waals surface area contributed by atoms with Crippen LogP contribution in [0.4, 0.5) is 0 Å². The molecule has 0 N–H and O–H groups in total.